The van der Waals surface area contributed by atoms with Crippen LogP contribution in [0.15, 0.2) is 84.3 Å². The summed E-state index contributed by atoms with van der Waals surface area (Å²) in [6, 6.07) is 17.9. The number of hydrogen-bond acceptors (Lipinski definition) is 4. The van der Waals surface area contributed by atoms with Crippen molar-refractivity contribution >= 4 is 27.3 Å². The second-order valence-electron chi connectivity index (χ2n) is 7.29. The Balaban J connectivity index is 1.85. The van der Waals surface area contributed by atoms with Gasteiger partial charge in [-0.1, -0.05) is 36.4 Å². The second-order valence-corrected chi connectivity index (χ2v) is 10.6. The SMILES string of the molecule is C=CCN(CC(=O)N(Cc1ccc(F)cc1)Cc1ccc(C)s1)S(=O)(=O)c1ccccc1. The summed E-state index contributed by atoms with van der Waals surface area (Å²) in [6.45, 7) is 5.88. The van der Waals surface area contributed by atoms with Gasteiger partial charge >= 0.3 is 0 Å². The highest BCUT2D eigenvalue weighted by Crippen LogP contribution is 2.20. The molecule has 0 radical (unpaired) electrons. The van der Waals surface area contributed by atoms with E-state index in [9.17, 15) is 17.6 Å². The normalized spacial score (nSPS) is 11.5. The molecule has 0 unspecified atom stereocenters. The van der Waals surface area contributed by atoms with Crippen molar-refractivity contribution in [3.8, 4) is 0 Å². The third-order valence-corrected chi connectivity index (χ3v) is 7.62. The number of rotatable bonds is 10. The Labute approximate surface area is 192 Å². The van der Waals surface area contributed by atoms with Crippen LogP contribution in [0.4, 0.5) is 4.39 Å². The molecule has 0 spiro atoms. The molecule has 0 fully saturated rings. The standard InChI is InChI=1S/C24H25FN2O3S2/c1-3-15-27(32(29,30)23-7-5-4-6-8-23)18-24(28)26(17-22-14-9-19(2)31-22)16-20-10-12-21(25)13-11-20/h3-14H,1,15-18H2,2H3. The summed E-state index contributed by atoms with van der Waals surface area (Å²) in [4.78, 5) is 17.1. The molecule has 3 rings (SSSR count). The van der Waals surface area contributed by atoms with Crippen molar-refractivity contribution in [2.24, 2.45) is 0 Å². The van der Waals surface area contributed by atoms with Gasteiger partial charge < -0.3 is 4.90 Å². The molecule has 0 bridgehead atoms. The Bertz CT molecular complexity index is 1160. The van der Waals surface area contributed by atoms with Gasteiger partial charge in [0.15, 0.2) is 0 Å². The molecule has 0 aliphatic carbocycles. The lowest BCUT2D eigenvalue weighted by Crippen LogP contribution is -2.42. The third kappa shape index (κ3) is 6.12. The Kier molecular flexibility index (Phi) is 7.95. The van der Waals surface area contributed by atoms with Crippen LogP contribution >= 0.6 is 11.3 Å². The monoisotopic (exact) mass is 472 g/mol. The van der Waals surface area contributed by atoms with Crippen molar-refractivity contribution in [3.05, 3.63) is 101 Å². The molecule has 0 aliphatic heterocycles. The van der Waals surface area contributed by atoms with E-state index in [2.05, 4.69) is 6.58 Å². The van der Waals surface area contributed by atoms with E-state index in [0.29, 0.717) is 6.54 Å². The molecule has 168 valence electrons. The highest BCUT2D eigenvalue weighted by atomic mass is 32.2. The predicted octanol–water partition coefficient (Wildman–Crippen LogP) is 4.60. The van der Waals surface area contributed by atoms with Gasteiger partial charge in [0.2, 0.25) is 15.9 Å². The third-order valence-electron chi connectivity index (χ3n) is 4.81. The number of aryl methyl sites for hydroxylation is 1. The maximum absolute atomic E-state index is 13.3. The van der Waals surface area contributed by atoms with E-state index in [1.165, 1.54) is 30.3 Å². The number of benzene rings is 2. The van der Waals surface area contributed by atoms with Gasteiger partial charge in [0.25, 0.3) is 0 Å². The van der Waals surface area contributed by atoms with Crippen molar-refractivity contribution < 1.29 is 17.6 Å². The Morgan fingerprint density at radius 3 is 2.31 bits per heavy atom. The summed E-state index contributed by atoms with van der Waals surface area (Å²) in [5.41, 5.74) is 0.759. The summed E-state index contributed by atoms with van der Waals surface area (Å²) in [7, 11) is -3.87. The highest BCUT2D eigenvalue weighted by molar-refractivity contribution is 7.89. The molecule has 2 aromatic carbocycles. The van der Waals surface area contributed by atoms with Gasteiger partial charge in [0.05, 0.1) is 18.0 Å². The molecule has 0 atom stereocenters. The average Bonchev–Trinajstić information content (AvgIpc) is 3.19. The van der Waals surface area contributed by atoms with Crippen LogP contribution in [0.3, 0.4) is 0 Å². The van der Waals surface area contributed by atoms with Crippen molar-refractivity contribution in [2.45, 2.75) is 24.9 Å². The van der Waals surface area contributed by atoms with Crippen LogP contribution in [-0.2, 0) is 27.9 Å². The number of carbonyl (C=O) groups is 1. The number of sulfonamides is 1. The first-order valence-electron chi connectivity index (χ1n) is 10.0. The summed E-state index contributed by atoms with van der Waals surface area (Å²) in [5.74, 6) is -0.701. The van der Waals surface area contributed by atoms with Gasteiger partial charge in [-0.15, -0.1) is 17.9 Å². The molecule has 0 saturated carbocycles. The largest absolute Gasteiger partial charge is 0.332 e. The van der Waals surface area contributed by atoms with Gasteiger partial charge in [-0.2, -0.15) is 4.31 Å². The molecule has 0 saturated heterocycles. The maximum Gasteiger partial charge on any atom is 0.243 e. The molecule has 3 aromatic rings. The molecule has 32 heavy (non-hydrogen) atoms. The number of halogens is 1. The molecule has 1 aromatic heterocycles. The summed E-state index contributed by atoms with van der Waals surface area (Å²) >= 11 is 1.58. The van der Waals surface area contributed by atoms with Gasteiger partial charge in [-0.3, -0.25) is 4.79 Å². The topological polar surface area (TPSA) is 57.7 Å². The minimum absolute atomic E-state index is 0.00542. The van der Waals surface area contributed by atoms with Crippen molar-refractivity contribution in [1.82, 2.24) is 9.21 Å². The zero-order valence-corrected chi connectivity index (χ0v) is 19.4. The smallest absolute Gasteiger partial charge is 0.243 e. The van der Waals surface area contributed by atoms with Crippen molar-refractivity contribution in [1.29, 1.82) is 0 Å². The summed E-state index contributed by atoms with van der Waals surface area (Å²) in [6.07, 6.45) is 1.46. The number of thiophene rings is 1. The molecule has 0 N–H and O–H groups in total. The Hall–Kier alpha value is -2.81. The first-order valence-corrected chi connectivity index (χ1v) is 12.3. The van der Waals surface area contributed by atoms with Gasteiger partial charge in [-0.05, 0) is 48.9 Å². The maximum atomic E-state index is 13.3. The van der Waals surface area contributed by atoms with E-state index in [1.54, 1.807) is 46.6 Å². The summed E-state index contributed by atoms with van der Waals surface area (Å²) < 4.78 is 40.7. The summed E-state index contributed by atoms with van der Waals surface area (Å²) in [5, 5.41) is 0. The number of carbonyl (C=O) groups excluding carboxylic acids is 1. The van der Waals surface area contributed by atoms with Crippen molar-refractivity contribution in [2.75, 3.05) is 13.1 Å². The van der Waals surface area contributed by atoms with Crippen LogP contribution in [0.1, 0.15) is 15.3 Å². The van der Waals surface area contributed by atoms with Crippen LogP contribution in [-0.4, -0.2) is 36.6 Å². The first-order chi connectivity index (χ1) is 15.3. The van der Waals surface area contributed by atoms with Crippen molar-refractivity contribution in [3.63, 3.8) is 0 Å². The fourth-order valence-corrected chi connectivity index (χ4v) is 5.47. The minimum atomic E-state index is -3.87. The van der Waals surface area contributed by atoms with E-state index in [-0.39, 0.29) is 36.3 Å². The van der Waals surface area contributed by atoms with E-state index < -0.39 is 10.0 Å². The molecule has 1 heterocycles. The highest BCUT2D eigenvalue weighted by Gasteiger charge is 2.28. The molecule has 5 nitrogen and oxygen atoms in total. The van der Waals surface area contributed by atoms with E-state index >= 15 is 0 Å². The fourth-order valence-electron chi connectivity index (χ4n) is 3.18. The van der Waals surface area contributed by atoms with Crippen LogP contribution in [0.2, 0.25) is 0 Å². The van der Waals surface area contributed by atoms with Crippen LogP contribution < -0.4 is 0 Å². The van der Waals surface area contributed by atoms with Gasteiger partial charge in [0, 0.05) is 22.8 Å². The quantitative estimate of drug-likeness (QED) is 0.405. The number of hydrogen-bond donors (Lipinski definition) is 0. The van der Waals surface area contributed by atoms with Gasteiger partial charge in [-0.25, -0.2) is 12.8 Å². The Morgan fingerprint density at radius 2 is 1.72 bits per heavy atom. The number of nitrogens with zero attached hydrogens (tertiary/aromatic N) is 2. The fraction of sp³-hybridized carbons (Fsp3) is 0.208. The predicted molar refractivity (Wildman–Crippen MR) is 125 cm³/mol. The Morgan fingerprint density at radius 1 is 1.03 bits per heavy atom. The van der Waals surface area contributed by atoms with Crippen LogP contribution in [0.5, 0.6) is 0 Å². The number of amides is 1. The van der Waals surface area contributed by atoms with Crippen LogP contribution in [0, 0.1) is 12.7 Å². The molecule has 0 aliphatic rings. The van der Waals surface area contributed by atoms with E-state index in [4.69, 9.17) is 0 Å². The van der Waals surface area contributed by atoms with E-state index in [1.807, 2.05) is 19.1 Å². The lowest BCUT2D eigenvalue weighted by molar-refractivity contribution is -0.132. The second kappa shape index (κ2) is 10.7. The molecular formula is C24H25FN2O3S2. The lowest BCUT2D eigenvalue weighted by Gasteiger charge is -2.26. The zero-order valence-electron chi connectivity index (χ0n) is 17.8. The molecule has 1 amide bonds. The first kappa shape index (κ1) is 23.8. The minimum Gasteiger partial charge on any atom is -0.332 e. The van der Waals surface area contributed by atoms with Crippen LogP contribution in [0.25, 0.3) is 0 Å². The molecular weight excluding hydrogens is 447 g/mol. The lowest BCUT2D eigenvalue weighted by atomic mass is 10.2. The average molecular weight is 473 g/mol. The molecule has 8 heteroatoms. The van der Waals surface area contributed by atoms with E-state index in [0.717, 1.165) is 19.6 Å². The van der Waals surface area contributed by atoms with Gasteiger partial charge in [0.1, 0.15) is 5.82 Å². The zero-order chi connectivity index (χ0) is 23.1.